The summed E-state index contributed by atoms with van der Waals surface area (Å²) in [6.07, 6.45) is -4.97. The molecular formula is C31H43NO13. The topological polar surface area (TPSA) is 218 Å². The minimum absolute atomic E-state index is 0.0147. The maximum absolute atomic E-state index is 13.0. The average Bonchev–Trinajstić information content (AvgIpc) is 3.75. The number of aryl methyl sites for hydroxylation is 1. The van der Waals surface area contributed by atoms with E-state index in [-0.39, 0.29) is 67.8 Å². The molecule has 1 spiro atoms. The van der Waals surface area contributed by atoms with Crippen molar-refractivity contribution >= 4 is 22.8 Å². The Kier molecular flexibility index (Phi) is 9.94. The largest absolute Gasteiger partial charge is 0.490 e. The van der Waals surface area contributed by atoms with E-state index in [1.807, 2.05) is 0 Å². The number of hydrogen-bond donors (Lipinski definition) is 7. The van der Waals surface area contributed by atoms with Crippen LogP contribution >= 0.6 is 0 Å². The molecule has 1 aliphatic carbocycles. The van der Waals surface area contributed by atoms with Gasteiger partial charge in [-0.3, -0.25) is 9.59 Å². The zero-order valence-corrected chi connectivity index (χ0v) is 25.4. The third-order valence-corrected chi connectivity index (χ3v) is 9.56. The first-order valence-corrected chi connectivity index (χ1v) is 15.4. The Hall–Kier alpha value is -2.98. The van der Waals surface area contributed by atoms with Gasteiger partial charge in [0.05, 0.1) is 25.4 Å². The van der Waals surface area contributed by atoms with Crippen molar-refractivity contribution in [3.8, 4) is 11.5 Å². The maximum atomic E-state index is 13.0. The molecule has 7 N–H and O–H groups in total. The standard InChI is InChI=1S/C31H43NO13/c1-3-42-20(34)8-7-16-13-17-18(19-14-32-28(39)30(19)9-4-5-10-30)15-43-23(17)25(41-2)22(16)44-29-31(40,11-6-12-33)26(36)21(35)24(45-29)27(37)38/h13,15,19,21,24,26-27,29,33,35-38,40H,3-12,14H2,1-2H3,(H,32,39)/t19-,21-,24+,26+,29-,31-/m1/s1. The fourth-order valence-corrected chi connectivity index (χ4v) is 7.21. The lowest BCUT2D eigenvalue weighted by molar-refractivity contribution is -0.345. The molecule has 5 rings (SSSR count). The van der Waals surface area contributed by atoms with Gasteiger partial charge in [0, 0.05) is 36.4 Å². The SMILES string of the molecule is CCOC(=O)CCc1cc2c([C@H]3CNC(=O)C34CCCC4)coc2c(OC)c1O[C@@H]1O[C@H](C(O)O)[C@@H](O)[C@H](O)[C@]1(O)CCCO. The van der Waals surface area contributed by atoms with Gasteiger partial charge in [0.2, 0.25) is 17.9 Å². The van der Waals surface area contributed by atoms with Gasteiger partial charge in [-0.1, -0.05) is 12.8 Å². The first-order chi connectivity index (χ1) is 21.5. The van der Waals surface area contributed by atoms with Crippen LogP contribution in [0.1, 0.15) is 68.9 Å². The van der Waals surface area contributed by atoms with Crippen molar-refractivity contribution in [2.75, 3.05) is 26.9 Å². The van der Waals surface area contributed by atoms with Crippen molar-refractivity contribution in [3.63, 3.8) is 0 Å². The van der Waals surface area contributed by atoms with E-state index < -0.39 is 47.9 Å². The molecular weight excluding hydrogens is 594 g/mol. The van der Waals surface area contributed by atoms with Gasteiger partial charge in [-0.2, -0.15) is 0 Å². The van der Waals surface area contributed by atoms with Crippen LogP contribution in [0.3, 0.4) is 0 Å². The summed E-state index contributed by atoms with van der Waals surface area (Å²) in [5.74, 6) is -0.566. The van der Waals surface area contributed by atoms with Crippen LogP contribution in [-0.4, -0.2) is 106 Å². The molecule has 0 bridgehead atoms. The molecule has 2 aliphatic heterocycles. The molecule has 14 nitrogen and oxygen atoms in total. The number of benzene rings is 1. The molecule has 0 unspecified atom stereocenters. The number of carbonyl (C=O) groups excluding carboxylic acids is 2. The van der Waals surface area contributed by atoms with E-state index in [0.29, 0.717) is 17.5 Å². The molecule has 45 heavy (non-hydrogen) atoms. The van der Waals surface area contributed by atoms with E-state index >= 15 is 0 Å². The van der Waals surface area contributed by atoms with E-state index in [2.05, 4.69) is 5.32 Å². The van der Waals surface area contributed by atoms with Crippen molar-refractivity contribution in [3.05, 3.63) is 23.5 Å². The Morgan fingerprint density at radius 3 is 2.58 bits per heavy atom. The lowest BCUT2D eigenvalue weighted by Gasteiger charge is -2.48. The van der Waals surface area contributed by atoms with Crippen molar-refractivity contribution in [2.24, 2.45) is 5.41 Å². The van der Waals surface area contributed by atoms with Crippen LogP contribution in [0, 0.1) is 5.41 Å². The minimum Gasteiger partial charge on any atom is -0.490 e. The quantitative estimate of drug-likeness (QED) is 0.124. The molecule has 1 amide bonds. The number of fused-ring (bicyclic) bond motifs is 1. The van der Waals surface area contributed by atoms with Crippen molar-refractivity contribution in [1.29, 1.82) is 0 Å². The predicted molar refractivity (Wildman–Crippen MR) is 155 cm³/mol. The molecule has 0 radical (unpaired) electrons. The molecule has 2 aromatic rings. The number of methoxy groups -OCH3 is 1. The Balaban J connectivity index is 1.62. The van der Waals surface area contributed by atoms with Gasteiger partial charge in [0.25, 0.3) is 0 Å². The highest BCUT2D eigenvalue weighted by Crippen LogP contribution is 2.54. The summed E-state index contributed by atoms with van der Waals surface area (Å²) in [5, 5.41) is 65.9. The summed E-state index contributed by atoms with van der Waals surface area (Å²) in [4.78, 5) is 25.5. The number of furan rings is 1. The highest BCUT2D eigenvalue weighted by Gasteiger charge is 2.58. The van der Waals surface area contributed by atoms with Crippen LogP contribution in [0.4, 0.5) is 0 Å². The second kappa shape index (κ2) is 13.4. The lowest BCUT2D eigenvalue weighted by Crippen LogP contribution is -2.69. The van der Waals surface area contributed by atoms with Gasteiger partial charge in [0.15, 0.2) is 23.2 Å². The Labute approximate surface area is 259 Å². The monoisotopic (exact) mass is 637 g/mol. The number of aliphatic hydroxyl groups is 6. The van der Waals surface area contributed by atoms with E-state index in [1.54, 1.807) is 19.3 Å². The number of hydrogen-bond acceptors (Lipinski definition) is 13. The first-order valence-electron chi connectivity index (χ1n) is 15.4. The second-order valence-corrected chi connectivity index (χ2v) is 12.1. The number of ether oxygens (including phenoxy) is 4. The molecule has 6 atom stereocenters. The number of amides is 1. The second-order valence-electron chi connectivity index (χ2n) is 12.1. The lowest BCUT2D eigenvalue weighted by atomic mass is 9.72. The van der Waals surface area contributed by atoms with Gasteiger partial charge in [-0.25, -0.2) is 0 Å². The number of aliphatic hydroxyl groups excluding tert-OH is 4. The fraction of sp³-hybridized carbons (Fsp3) is 0.677. The molecule has 14 heteroatoms. The van der Waals surface area contributed by atoms with Crippen molar-refractivity contribution in [2.45, 2.75) is 101 Å². The zero-order valence-electron chi connectivity index (χ0n) is 25.4. The number of carbonyl (C=O) groups is 2. The molecule has 1 saturated carbocycles. The van der Waals surface area contributed by atoms with Gasteiger partial charge in [0.1, 0.15) is 18.3 Å². The van der Waals surface area contributed by atoms with E-state index in [4.69, 9.17) is 23.4 Å². The molecule has 3 aliphatic rings. The summed E-state index contributed by atoms with van der Waals surface area (Å²) in [6, 6.07) is 1.76. The normalized spacial score (nSPS) is 29.4. The molecule has 1 aromatic heterocycles. The molecule has 250 valence electrons. The summed E-state index contributed by atoms with van der Waals surface area (Å²) < 4.78 is 28.8. The molecule has 3 heterocycles. The van der Waals surface area contributed by atoms with Gasteiger partial charge in [-0.05, 0) is 50.7 Å². The van der Waals surface area contributed by atoms with Crippen LogP contribution in [0.5, 0.6) is 11.5 Å². The van der Waals surface area contributed by atoms with Crippen LogP contribution in [-0.2, 0) is 25.5 Å². The predicted octanol–water partition coefficient (Wildman–Crippen LogP) is 0.351. The molecule has 1 aromatic carbocycles. The van der Waals surface area contributed by atoms with Gasteiger partial charge < -0.3 is 59.3 Å². The Morgan fingerprint density at radius 1 is 1.20 bits per heavy atom. The molecule has 2 saturated heterocycles. The third kappa shape index (κ3) is 5.88. The summed E-state index contributed by atoms with van der Waals surface area (Å²) in [6.45, 7) is 1.94. The number of nitrogens with one attached hydrogen (secondary N) is 1. The Bertz CT molecular complexity index is 1370. The maximum Gasteiger partial charge on any atom is 0.306 e. The highest BCUT2D eigenvalue weighted by atomic mass is 16.7. The van der Waals surface area contributed by atoms with Crippen LogP contribution in [0.15, 0.2) is 16.7 Å². The molecule has 3 fully saturated rings. The first kappa shape index (κ1) is 33.4. The van der Waals surface area contributed by atoms with Gasteiger partial charge in [-0.15, -0.1) is 0 Å². The average molecular weight is 638 g/mol. The van der Waals surface area contributed by atoms with Crippen molar-refractivity contribution < 1.29 is 63.6 Å². The van der Waals surface area contributed by atoms with Crippen LogP contribution in [0.2, 0.25) is 0 Å². The summed E-state index contributed by atoms with van der Waals surface area (Å²) in [7, 11) is 1.37. The van der Waals surface area contributed by atoms with Crippen LogP contribution < -0.4 is 14.8 Å². The summed E-state index contributed by atoms with van der Waals surface area (Å²) in [5.41, 5.74) is -1.39. The number of esters is 1. The zero-order chi connectivity index (χ0) is 32.5. The van der Waals surface area contributed by atoms with E-state index in [0.717, 1.165) is 31.2 Å². The highest BCUT2D eigenvalue weighted by molar-refractivity contribution is 5.93. The fourth-order valence-electron chi connectivity index (χ4n) is 7.21. The minimum atomic E-state index is -2.31. The number of rotatable bonds is 12. The smallest absolute Gasteiger partial charge is 0.306 e. The van der Waals surface area contributed by atoms with Gasteiger partial charge >= 0.3 is 5.97 Å². The Morgan fingerprint density at radius 2 is 1.93 bits per heavy atom. The third-order valence-electron chi connectivity index (χ3n) is 9.56. The van der Waals surface area contributed by atoms with Crippen molar-refractivity contribution in [1.82, 2.24) is 5.32 Å². The summed E-state index contributed by atoms with van der Waals surface area (Å²) >= 11 is 0. The van der Waals surface area contributed by atoms with E-state index in [9.17, 15) is 40.2 Å². The van der Waals surface area contributed by atoms with E-state index in [1.165, 1.54) is 7.11 Å². The van der Waals surface area contributed by atoms with Crippen LogP contribution in [0.25, 0.3) is 11.0 Å².